The van der Waals surface area contributed by atoms with Crippen LogP contribution in [0.4, 0.5) is 5.69 Å². The molecule has 0 amide bonds. The van der Waals surface area contributed by atoms with E-state index in [0.717, 1.165) is 45.4 Å². The summed E-state index contributed by atoms with van der Waals surface area (Å²) in [5, 5.41) is 0. The third-order valence-corrected chi connectivity index (χ3v) is 5.34. The minimum Gasteiger partial charge on any atom is -0.378 e. The molecule has 2 aromatic rings. The Morgan fingerprint density at radius 2 is 1.70 bits per heavy atom. The molecule has 0 N–H and O–H groups in total. The lowest BCUT2D eigenvalue weighted by atomic mass is 9.90. The highest BCUT2D eigenvalue weighted by atomic mass is 16.5. The molecule has 4 heteroatoms. The average Bonchev–Trinajstić information content (AvgIpc) is 2.72. The second-order valence-corrected chi connectivity index (χ2v) is 7.49. The van der Waals surface area contributed by atoms with E-state index in [4.69, 9.17) is 4.74 Å². The van der Waals surface area contributed by atoms with Crippen LogP contribution in [0.2, 0.25) is 0 Å². The topological polar surface area (TPSA) is 32.8 Å². The van der Waals surface area contributed by atoms with E-state index in [1.807, 2.05) is 18.2 Å². The van der Waals surface area contributed by atoms with E-state index in [2.05, 4.69) is 60.3 Å². The predicted octanol–water partition coefficient (Wildman–Crippen LogP) is 3.57. The molecule has 0 aliphatic carbocycles. The van der Waals surface area contributed by atoms with Gasteiger partial charge in [0.15, 0.2) is 0 Å². The smallest absolute Gasteiger partial charge is 0.123 e. The number of anilines is 1. The van der Waals surface area contributed by atoms with E-state index in [9.17, 15) is 4.79 Å². The van der Waals surface area contributed by atoms with Crippen molar-refractivity contribution in [2.75, 3.05) is 45.3 Å². The van der Waals surface area contributed by atoms with E-state index in [1.54, 1.807) is 0 Å². The molecule has 0 saturated carbocycles. The molecule has 0 radical (unpaired) electrons. The van der Waals surface area contributed by atoms with E-state index in [-0.39, 0.29) is 12.0 Å². The summed E-state index contributed by atoms with van der Waals surface area (Å²) in [7, 11) is 4.18. The van der Waals surface area contributed by atoms with Gasteiger partial charge in [0, 0.05) is 30.7 Å². The summed E-state index contributed by atoms with van der Waals surface area (Å²) in [4.78, 5) is 16.3. The zero-order valence-corrected chi connectivity index (χ0v) is 16.4. The molecular weight excluding hydrogens is 336 g/mol. The SMILES string of the molecule is CN(C)C(CC(C=O)Cc1ccccc1)c1ccc(N2CCOCC2)cc1. The predicted molar refractivity (Wildman–Crippen MR) is 110 cm³/mol. The largest absolute Gasteiger partial charge is 0.378 e. The number of ether oxygens (including phenoxy) is 1. The molecule has 4 nitrogen and oxygen atoms in total. The first-order valence-electron chi connectivity index (χ1n) is 9.75. The van der Waals surface area contributed by atoms with Crippen molar-refractivity contribution in [2.24, 2.45) is 5.92 Å². The van der Waals surface area contributed by atoms with Crippen molar-refractivity contribution in [1.29, 1.82) is 0 Å². The normalized spacial score (nSPS) is 16.9. The first kappa shape index (κ1) is 19.6. The molecule has 144 valence electrons. The highest BCUT2D eigenvalue weighted by Gasteiger charge is 2.21. The highest BCUT2D eigenvalue weighted by Crippen LogP contribution is 2.29. The molecule has 1 aliphatic heterocycles. The van der Waals surface area contributed by atoms with Gasteiger partial charge in [0.2, 0.25) is 0 Å². The summed E-state index contributed by atoms with van der Waals surface area (Å²) in [5.74, 6) is 0.0127. The monoisotopic (exact) mass is 366 g/mol. The number of carbonyl (C=O) groups is 1. The van der Waals surface area contributed by atoms with Gasteiger partial charge >= 0.3 is 0 Å². The van der Waals surface area contributed by atoms with Crippen LogP contribution in [-0.4, -0.2) is 51.6 Å². The Hall–Kier alpha value is -2.17. The van der Waals surface area contributed by atoms with Crippen LogP contribution < -0.4 is 4.90 Å². The molecule has 2 unspecified atom stereocenters. The van der Waals surface area contributed by atoms with Crippen LogP contribution >= 0.6 is 0 Å². The maximum Gasteiger partial charge on any atom is 0.123 e. The van der Waals surface area contributed by atoms with E-state index in [1.165, 1.54) is 16.8 Å². The number of hydrogen-bond acceptors (Lipinski definition) is 4. The fourth-order valence-corrected chi connectivity index (χ4v) is 3.76. The summed E-state index contributed by atoms with van der Waals surface area (Å²) in [6, 6.07) is 19.3. The van der Waals surface area contributed by atoms with Gasteiger partial charge in [0.25, 0.3) is 0 Å². The van der Waals surface area contributed by atoms with Gasteiger partial charge in [-0.1, -0.05) is 42.5 Å². The van der Waals surface area contributed by atoms with Gasteiger partial charge in [-0.2, -0.15) is 0 Å². The van der Waals surface area contributed by atoms with Gasteiger partial charge in [0.05, 0.1) is 13.2 Å². The van der Waals surface area contributed by atoms with Crippen LogP contribution in [0.15, 0.2) is 54.6 Å². The van der Waals surface area contributed by atoms with Crippen molar-refractivity contribution in [2.45, 2.75) is 18.9 Å². The van der Waals surface area contributed by atoms with Crippen LogP contribution in [0, 0.1) is 5.92 Å². The van der Waals surface area contributed by atoms with Gasteiger partial charge in [-0.3, -0.25) is 0 Å². The van der Waals surface area contributed by atoms with Crippen molar-refractivity contribution in [3.8, 4) is 0 Å². The number of nitrogens with zero attached hydrogens (tertiary/aromatic N) is 2. The Kier molecular flexibility index (Phi) is 7.02. The Labute approximate surface area is 162 Å². The third kappa shape index (κ3) is 5.41. The maximum absolute atomic E-state index is 11.7. The molecule has 1 heterocycles. The lowest BCUT2D eigenvalue weighted by molar-refractivity contribution is -0.111. The van der Waals surface area contributed by atoms with E-state index < -0.39 is 0 Å². The van der Waals surface area contributed by atoms with E-state index >= 15 is 0 Å². The van der Waals surface area contributed by atoms with Gasteiger partial charge in [-0.15, -0.1) is 0 Å². The van der Waals surface area contributed by atoms with Gasteiger partial charge in [-0.05, 0) is 50.2 Å². The summed E-state index contributed by atoms with van der Waals surface area (Å²) in [6.07, 6.45) is 2.73. The summed E-state index contributed by atoms with van der Waals surface area (Å²) in [6.45, 7) is 3.48. The first-order valence-corrected chi connectivity index (χ1v) is 9.75. The van der Waals surface area contributed by atoms with E-state index in [0.29, 0.717) is 0 Å². The van der Waals surface area contributed by atoms with Crippen molar-refractivity contribution >= 4 is 12.0 Å². The average molecular weight is 367 g/mol. The highest BCUT2D eigenvalue weighted by molar-refractivity contribution is 5.55. The zero-order valence-electron chi connectivity index (χ0n) is 16.4. The summed E-state index contributed by atoms with van der Waals surface area (Å²) in [5.41, 5.74) is 3.72. The quantitative estimate of drug-likeness (QED) is 0.669. The molecule has 2 aromatic carbocycles. The molecule has 27 heavy (non-hydrogen) atoms. The number of carbonyl (C=O) groups excluding carboxylic acids is 1. The number of benzene rings is 2. The van der Waals surface area contributed by atoms with Crippen molar-refractivity contribution in [1.82, 2.24) is 4.90 Å². The fraction of sp³-hybridized carbons (Fsp3) is 0.435. The Morgan fingerprint density at radius 3 is 2.30 bits per heavy atom. The zero-order chi connectivity index (χ0) is 19.1. The molecule has 1 aliphatic rings. The van der Waals surface area contributed by atoms with Gasteiger partial charge in [0.1, 0.15) is 6.29 Å². The van der Waals surface area contributed by atoms with Crippen molar-refractivity contribution < 1.29 is 9.53 Å². The molecule has 1 saturated heterocycles. The Balaban J connectivity index is 1.69. The Bertz CT molecular complexity index is 694. The molecular formula is C23H30N2O2. The minimum atomic E-state index is 0.0127. The maximum atomic E-state index is 11.7. The number of rotatable bonds is 8. The molecule has 3 rings (SSSR count). The number of hydrogen-bond donors (Lipinski definition) is 0. The second-order valence-electron chi connectivity index (χ2n) is 7.49. The lowest BCUT2D eigenvalue weighted by Gasteiger charge is -2.30. The lowest BCUT2D eigenvalue weighted by Crippen LogP contribution is -2.36. The molecule has 0 bridgehead atoms. The van der Waals surface area contributed by atoms with Crippen LogP contribution in [0.5, 0.6) is 0 Å². The van der Waals surface area contributed by atoms with Crippen LogP contribution in [0.3, 0.4) is 0 Å². The van der Waals surface area contributed by atoms with Crippen molar-refractivity contribution in [3.05, 3.63) is 65.7 Å². The fourth-order valence-electron chi connectivity index (χ4n) is 3.76. The van der Waals surface area contributed by atoms with Crippen LogP contribution in [-0.2, 0) is 16.0 Å². The standard InChI is InChI=1S/C23H30N2O2/c1-24(2)23(17-20(18-26)16-19-6-4-3-5-7-19)21-8-10-22(11-9-21)25-12-14-27-15-13-25/h3-11,18,20,23H,12-17H2,1-2H3. The first-order chi connectivity index (χ1) is 13.2. The molecule has 2 atom stereocenters. The summed E-state index contributed by atoms with van der Waals surface area (Å²) >= 11 is 0. The number of aldehydes is 1. The van der Waals surface area contributed by atoms with Crippen LogP contribution in [0.1, 0.15) is 23.6 Å². The van der Waals surface area contributed by atoms with Gasteiger partial charge in [-0.25, -0.2) is 0 Å². The third-order valence-electron chi connectivity index (χ3n) is 5.34. The second kappa shape index (κ2) is 9.67. The number of morpholine rings is 1. The molecule has 0 aromatic heterocycles. The van der Waals surface area contributed by atoms with Gasteiger partial charge < -0.3 is 19.3 Å². The van der Waals surface area contributed by atoms with Crippen molar-refractivity contribution in [3.63, 3.8) is 0 Å². The van der Waals surface area contributed by atoms with Crippen LogP contribution in [0.25, 0.3) is 0 Å². The molecule has 1 fully saturated rings. The Morgan fingerprint density at radius 1 is 1.04 bits per heavy atom. The minimum absolute atomic E-state index is 0.0127. The molecule has 0 spiro atoms. The summed E-state index contributed by atoms with van der Waals surface area (Å²) < 4.78 is 5.44.